The first-order valence-electron chi connectivity index (χ1n) is 6.99. The van der Waals surface area contributed by atoms with Crippen LogP contribution in [0.4, 0.5) is 0 Å². The van der Waals surface area contributed by atoms with Crippen LogP contribution in [0, 0.1) is 0 Å². The van der Waals surface area contributed by atoms with E-state index in [1.54, 1.807) is 0 Å². The van der Waals surface area contributed by atoms with E-state index in [-0.39, 0.29) is 0 Å². The number of halogens is 1. The van der Waals surface area contributed by atoms with Crippen molar-refractivity contribution in [3.8, 4) is 0 Å². The Morgan fingerprint density at radius 2 is 2.06 bits per heavy atom. The Balaban J connectivity index is 1.65. The van der Waals surface area contributed by atoms with Crippen LogP contribution in [0.3, 0.4) is 0 Å². The fourth-order valence-corrected chi connectivity index (χ4v) is 4.97. The van der Waals surface area contributed by atoms with E-state index >= 15 is 0 Å². The lowest BCUT2D eigenvalue weighted by atomic mass is 9.98. The van der Waals surface area contributed by atoms with Crippen LogP contribution in [-0.2, 0) is 6.54 Å². The van der Waals surface area contributed by atoms with Gasteiger partial charge in [0.2, 0.25) is 0 Å². The molecule has 1 N–H and O–H groups in total. The molecule has 2 nitrogen and oxygen atoms in total. The molecule has 4 heteroatoms. The minimum Gasteiger partial charge on any atom is -0.311 e. The summed E-state index contributed by atoms with van der Waals surface area (Å²) in [4.78, 5) is 4.15. The second-order valence-corrected chi connectivity index (χ2v) is 8.08. The summed E-state index contributed by atoms with van der Waals surface area (Å²) in [5, 5.41) is 3.74. The molecule has 0 aliphatic carbocycles. The van der Waals surface area contributed by atoms with Gasteiger partial charge in [0.25, 0.3) is 0 Å². The van der Waals surface area contributed by atoms with Gasteiger partial charge >= 0.3 is 0 Å². The van der Waals surface area contributed by atoms with E-state index in [1.165, 1.54) is 40.9 Å². The van der Waals surface area contributed by atoms with Crippen molar-refractivity contribution in [1.29, 1.82) is 0 Å². The summed E-state index contributed by atoms with van der Waals surface area (Å²) in [6.45, 7) is 4.59. The van der Waals surface area contributed by atoms with Crippen LogP contribution in [0.25, 0.3) is 0 Å². The number of hydrogen-bond acceptors (Lipinski definition) is 3. The van der Waals surface area contributed by atoms with Crippen molar-refractivity contribution >= 4 is 27.3 Å². The summed E-state index contributed by atoms with van der Waals surface area (Å²) >= 11 is 5.43. The monoisotopic (exact) mass is 328 g/mol. The predicted octanol–water partition coefficient (Wildman–Crippen LogP) is 3.62. The molecule has 3 heterocycles. The molecule has 2 atom stereocenters. The van der Waals surface area contributed by atoms with Crippen molar-refractivity contribution in [1.82, 2.24) is 10.2 Å². The van der Waals surface area contributed by atoms with Crippen LogP contribution in [0.15, 0.2) is 15.9 Å². The van der Waals surface area contributed by atoms with E-state index in [0.717, 1.165) is 24.7 Å². The highest BCUT2D eigenvalue weighted by Crippen LogP contribution is 2.31. The zero-order chi connectivity index (χ0) is 12.5. The molecule has 0 spiro atoms. The first-order valence-corrected chi connectivity index (χ1v) is 8.60. The van der Waals surface area contributed by atoms with Crippen LogP contribution in [0.2, 0.25) is 0 Å². The first kappa shape index (κ1) is 13.1. The van der Waals surface area contributed by atoms with E-state index in [1.807, 2.05) is 11.3 Å². The Kier molecular flexibility index (Phi) is 4.09. The number of nitrogens with zero attached hydrogens (tertiary/aromatic N) is 1. The highest BCUT2D eigenvalue weighted by atomic mass is 79.9. The summed E-state index contributed by atoms with van der Waals surface area (Å²) in [6, 6.07) is 6.79. The smallest absolute Gasteiger partial charge is 0.0701 e. The lowest BCUT2D eigenvalue weighted by Crippen LogP contribution is -2.47. The van der Waals surface area contributed by atoms with Gasteiger partial charge in [-0.2, -0.15) is 0 Å². The maximum Gasteiger partial charge on any atom is 0.0701 e. The Morgan fingerprint density at radius 1 is 1.33 bits per heavy atom. The molecule has 0 aromatic carbocycles. The van der Waals surface area contributed by atoms with E-state index in [9.17, 15) is 0 Å². The Labute approximate surface area is 122 Å². The Hall–Kier alpha value is 0.1000. The van der Waals surface area contributed by atoms with Crippen LogP contribution in [0.5, 0.6) is 0 Å². The van der Waals surface area contributed by atoms with E-state index in [2.05, 4.69) is 45.2 Å². The lowest BCUT2D eigenvalue weighted by Gasteiger charge is -2.37. The lowest BCUT2D eigenvalue weighted by molar-refractivity contribution is 0.142. The third-order valence-corrected chi connectivity index (χ3v) is 5.97. The van der Waals surface area contributed by atoms with Crippen molar-refractivity contribution in [2.24, 2.45) is 0 Å². The van der Waals surface area contributed by atoms with Crippen LogP contribution < -0.4 is 5.32 Å². The van der Waals surface area contributed by atoms with Gasteiger partial charge in [-0.3, -0.25) is 4.90 Å². The third kappa shape index (κ3) is 2.82. The van der Waals surface area contributed by atoms with Crippen molar-refractivity contribution in [2.45, 2.75) is 57.3 Å². The van der Waals surface area contributed by atoms with Crippen LogP contribution >= 0.6 is 27.3 Å². The molecule has 0 amide bonds. The molecule has 2 fully saturated rings. The third-order valence-electron chi connectivity index (χ3n) is 4.36. The van der Waals surface area contributed by atoms with Gasteiger partial charge in [-0.1, -0.05) is 6.92 Å². The second-order valence-electron chi connectivity index (χ2n) is 5.53. The average Bonchev–Trinajstić information content (AvgIpc) is 2.92. The van der Waals surface area contributed by atoms with Crippen molar-refractivity contribution < 1.29 is 0 Å². The van der Waals surface area contributed by atoms with Gasteiger partial charge in [-0.05, 0) is 60.3 Å². The van der Waals surface area contributed by atoms with Gasteiger partial charge in [0.1, 0.15) is 0 Å². The van der Waals surface area contributed by atoms with Gasteiger partial charge in [0.15, 0.2) is 0 Å². The number of fused-ring (bicyclic) bond motifs is 2. The molecule has 2 saturated heterocycles. The molecule has 0 radical (unpaired) electrons. The van der Waals surface area contributed by atoms with Gasteiger partial charge in [-0.25, -0.2) is 0 Å². The van der Waals surface area contributed by atoms with Gasteiger partial charge < -0.3 is 5.32 Å². The number of rotatable bonds is 4. The number of nitrogens with one attached hydrogen (secondary N) is 1. The molecule has 2 bridgehead atoms. The minimum absolute atomic E-state index is 0.787. The van der Waals surface area contributed by atoms with E-state index in [4.69, 9.17) is 0 Å². The first-order chi connectivity index (χ1) is 8.74. The zero-order valence-corrected chi connectivity index (χ0v) is 13.3. The average molecular weight is 329 g/mol. The van der Waals surface area contributed by atoms with Crippen molar-refractivity contribution in [2.75, 3.05) is 6.54 Å². The Bertz CT molecular complexity index is 394. The summed E-state index contributed by atoms with van der Waals surface area (Å²) in [5.41, 5.74) is 0. The standard InChI is InChI=1S/C14H21BrN2S/c1-2-17(9-13-5-6-14(15)18-13)12-7-10-3-4-11(8-12)16-10/h5-6,10-12,16H,2-4,7-9H2,1H3. The summed E-state index contributed by atoms with van der Waals surface area (Å²) in [7, 11) is 0. The fourth-order valence-electron chi connectivity index (χ4n) is 3.46. The molecule has 2 aliphatic heterocycles. The second kappa shape index (κ2) is 5.61. The normalized spacial score (nSPS) is 31.2. The largest absolute Gasteiger partial charge is 0.311 e. The van der Waals surface area contributed by atoms with Crippen LogP contribution in [-0.4, -0.2) is 29.6 Å². The molecule has 1 aromatic heterocycles. The topological polar surface area (TPSA) is 15.3 Å². The van der Waals surface area contributed by atoms with Gasteiger partial charge in [0.05, 0.1) is 3.79 Å². The molecule has 1 aromatic rings. The van der Waals surface area contributed by atoms with E-state index in [0.29, 0.717) is 0 Å². The summed E-state index contributed by atoms with van der Waals surface area (Å²) in [5.74, 6) is 0. The van der Waals surface area contributed by atoms with Crippen molar-refractivity contribution in [3.05, 3.63) is 20.8 Å². The number of thiophene rings is 1. The zero-order valence-electron chi connectivity index (χ0n) is 10.9. The summed E-state index contributed by atoms with van der Waals surface area (Å²) < 4.78 is 1.25. The van der Waals surface area contributed by atoms with Gasteiger partial charge in [-0.15, -0.1) is 11.3 Å². The number of piperidine rings is 1. The SMILES string of the molecule is CCN(Cc1ccc(Br)s1)C1CC2CCC(C1)N2. The molecule has 0 saturated carbocycles. The maximum atomic E-state index is 3.74. The fraction of sp³-hybridized carbons (Fsp3) is 0.714. The highest BCUT2D eigenvalue weighted by Gasteiger charge is 2.35. The minimum atomic E-state index is 0.787. The molecule has 18 heavy (non-hydrogen) atoms. The number of hydrogen-bond donors (Lipinski definition) is 1. The van der Waals surface area contributed by atoms with Crippen LogP contribution in [0.1, 0.15) is 37.5 Å². The molecular weight excluding hydrogens is 308 g/mol. The predicted molar refractivity (Wildman–Crippen MR) is 81.1 cm³/mol. The maximum absolute atomic E-state index is 3.74. The molecule has 3 rings (SSSR count). The summed E-state index contributed by atoms with van der Waals surface area (Å²) in [6.07, 6.45) is 5.47. The highest BCUT2D eigenvalue weighted by molar-refractivity contribution is 9.11. The van der Waals surface area contributed by atoms with Gasteiger partial charge in [0, 0.05) is 29.5 Å². The molecular formula is C14H21BrN2S. The quantitative estimate of drug-likeness (QED) is 0.908. The molecule has 2 aliphatic rings. The van der Waals surface area contributed by atoms with Crippen molar-refractivity contribution in [3.63, 3.8) is 0 Å². The molecule has 2 unspecified atom stereocenters. The molecule has 100 valence electrons. The Morgan fingerprint density at radius 3 is 2.61 bits per heavy atom. The van der Waals surface area contributed by atoms with E-state index < -0.39 is 0 Å².